The van der Waals surface area contributed by atoms with Crippen LogP contribution in [0.15, 0.2) is 57.9 Å². The van der Waals surface area contributed by atoms with E-state index in [0.717, 1.165) is 22.4 Å². The standard InChI is InChI=1S/C24H24N4O2/c1-14-6-9-19(10-7-14)27-23(29)20(17(4)25-27)13-21-18(5)26-28(24(21)30)22-11-8-15(2)12-16(22)3/h6-13,26H,1-5H3/b20-13-. The molecule has 30 heavy (non-hydrogen) atoms. The van der Waals surface area contributed by atoms with E-state index in [1.54, 1.807) is 13.0 Å². The van der Waals surface area contributed by atoms with E-state index in [4.69, 9.17) is 0 Å². The van der Waals surface area contributed by atoms with E-state index in [1.165, 1.54) is 9.69 Å². The predicted octanol–water partition coefficient (Wildman–Crippen LogP) is 4.21. The lowest BCUT2D eigenvalue weighted by molar-refractivity contribution is -0.114. The van der Waals surface area contributed by atoms with E-state index in [1.807, 2.05) is 70.2 Å². The zero-order valence-corrected chi connectivity index (χ0v) is 17.8. The van der Waals surface area contributed by atoms with Crippen LogP contribution in [-0.4, -0.2) is 21.4 Å². The van der Waals surface area contributed by atoms with Gasteiger partial charge in [-0.1, -0.05) is 35.4 Å². The third-order valence-electron chi connectivity index (χ3n) is 5.34. The Labute approximate surface area is 175 Å². The topological polar surface area (TPSA) is 70.5 Å². The second-order valence-corrected chi connectivity index (χ2v) is 7.78. The third kappa shape index (κ3) is 3.30. The van der Waals surface area contributed by atoms with Gasteiger partial charge in [0.15, 0.2) is 0 Å². The zero-order chi connectivity index (χ0) is 21.6. The molecule has 0 bridgehead atoms. The van der Waals surface area contributed by atoms with Crippen molar-refractivity contribution in [2.24, 2.45) is 5.10 Å². The summed E-state index contributed by atoms with van der Waals surface area (Å²) >= 11 is 0. The highest BCUT2D eigenvalue weighted by molar-refractivity contribution is 6.32. The molecule has 2 aromatic carbocycles. The Hall–Kier alpha value is -3.67. The summed E-state index contributed by atoms with van der Waals surface area (Å²) in [5.41, 5.74) is 6.70. The van der Waals surface area contributed by atoms with Crippen molar-refractivity contribution < 1.29 is 4.79 Å². The van der Waals surface area contributed by atoms with Gasteiger partial charge in [-0.05, 0) is 64.5 Å². The largest absolute Gasteiger partial charge is 0.295 e. The molecule has 1 aliphatic rings. The molecule has 2 heterocycles. The summed E-state index contributed by atoms with van der Waals surface area (Å²) in [5.74, 6) is -0.241. The number of aromatic amines is 1. The molecule has 0 unspecified atom stereocenters. The van der Waals surface area contributed by atoms with Gasteiger partial charge in [-0.15, -0.1) is 0 Å². The lowest BCUT2D eigenvalue weighted by Gasteiger charge is -2.11. The minimum Gasteiger partial charge on any atom is -0.295 e. The highest BCUT2D eigenvalue weighted by atomic mass is 16.2. The monoisotopic (exact) mass is 400 g/mol. The van der Waals surface area contributed by atoms with Gasteiger partial charge in [-0.25, -0.2) is 4.68 Å². The van der Waals surface area contributed by atoms with Crippen LogP contribution in [0.2, 0.25) is 0 Å². The Morgan fingerprint density at radius 1 is 0.900 bits per heavy atom. The fraction of sp³-hybridized carbons (Fsp3) is 0.208. The summed E-state index contributed by atoms with van der Waals surface area (Å²) < 4.78 is 1.53. The second kappa shape index (κ2) is 7.30. The molecule has 0 saturated carbocycles. The van der Waals surface area contributed by atoms with Crippen molar-refractivity contribution in [3.8, 4) is 5.69 Å². The number of anilines is 1. The summed E-state index contributed by atoms with van der Waals surface area (Å²) in [5, 5.41) is 8.93. The molecule has 4 rings (SSSR count). The molecule has 1 amide bonds. The summed E-state index contributed by atoms with van der Waals surface area (Å²) in [7, 11) is 0. The predicted molar refractivity (Wildman–Crippen MR) is 120 cm³/mol. The third-order valence-corrected chi connectivity index (χ3v) is 5.34. The van der Waals surface area contributed by atoms with Crippen molar-refractivity contribution in [2.75, 3.05) is 5.01 Å². The van der Waals surface area contributed by atoms with Crippen LogP contribution >= 0.6 is 0 Å². The highest BCUT2D eigenvalue weighted by Gasteiger charge is 2.29. The molecular weight excluding hydrogens is 376 g/mol. The first-order valence-electron chi connectivity index (χ1n) is 9.84. The van der Waals surface area contributed by atoms with Crippen LogP contribution in [-0.2, 0) is 4.79 Å². The Balaban J connectivity index is 1.74. The highest BCUT2D eigenvalue weighted by Crippen LogP contribution is 2.25. The number of amides is 1. The molecule has 1 aromatic heterocycles. The normalized spacial score (nSPS) is 15.2. The maximum Gasteiger partial charge on any atom is 0.280 e. The number of hydrazone groups is 1. The number of nitrogens with one attached hydrogen (secondary N) is 1. The number of aryl methyl sites for hydroxylation is 4. The number of hydrogen-bond donors (Lipinski definition) is 1. The number of aromatic nitrogens is 2. The maximum absolute atomic E-state index is 13.1. The number of hydrogen-bond acceptors (Lipinski definition) is 3. The Morgan fingerprint density at radius 3 is 2.23 bits per heavy atom. The molecule has 0 fully saturated rings. The van der Waals surface area contributed by atoms with Crippen LogP contribution in [0, 0.1) is 27.7 Å². The lowest BCUT2D eigenvalue weighted by Crippen LogP contribution is -2.22. The van der Waals surface area contributed by atoms with Gasteiger partial charge < -0.3 is 0 Å². The number of H-pyrrole nitrogens is 1. The van der Waals surface area contributed by atoms with Crippen molar-refractivity contribution in [3.63, 3.8) is 0 Å². The van der Waals surface area contributed by atoms with Gasteiger partial charge in [-0.2, -0.15) is 10.1 Å². The van der Waals surface area contributed by atoms with E-state index in [2.05, 4.69) is 10.2 Å². The van der Waals surface area contributed by atoms with Gasteiger partial charge in [0.2, 0.25) is 0 Å². The molecule has 0 saturated heterocycles. The fourth-order valence-corrected chi connectivity index (χ4v) is 3.65. The number of benzene rings is 2. The molecule has 3 aromatic rings. The number of rotatable bonds is 3. The van der Waals surface area contributed by atoms with Crippen molar-refractivity contribution in [3.05, 3.63) is 86.3 Å². The van der Waals surface area contributed by atoms with Crippen LogP contribution in [0.5, 0.6) is 0 Å². The molecule has 1 aliphatic heterocycles. The molecule has 0 radical (unpaired) electrons. The minimum absolute atomic E-state index is 0.193. The molecule has 1 N–H and O–H groups in total. The van der Waals surface area contributed by atoms with E-state index in [0.29, 0.717) is 28.2 Å². The number of nitrogens with zero attached hydrogens (tertiary/aromatic N) is 3. The van der Waals surface area contributed by atoms with E-state index in [-0.39, 0.29) is 11.5 Å². The van der Waals surface area contributed by atoms with Crippen LogP contribution in [0.4, 0.5) is 5.69 Å². The first-order valence-corrected chi connectivity index (χ1v) is 9.84. The van der Waals surface area contributed by atoms with Gasteiger partial charge in [0.25, 0.3) is 11.5 Å². The van der Waals surface area contributed by atoms with Crippen LogP contribution < -0.4 is 10.6 Å². The Bertz CT molecular complexity index is 1270. The van der Waals surface area contributed by atoms with E-state index in [9.17, 15) is 9.59 Å². The van der Waals surface area contributed by atoms with Crippen LogP contribution in [0.1, 0.15) is 34.9 Å². The van der Waals surface area contributed by atoms with Crippen molar-refractivity contribution in [1.29, 1.82) is 0 Å². The molecule has 0 spiro atoms. The second-order valence-electron chi connectivity index (χ2n) is 7.78. The van der Waals surface area contributed by atoms with Gasteiger partial charge in [-0.3, -0.25) is 14.7 Å². The summed E-state index contributed by atoms with van der Waals surface area (Å²) in [4.78, 5) is 26.2. The molecule has 6 heteroatoms. The summed E-state index contributed by atoms with van der Waals surface area (Å²) in [6.07, 6.45) is 1.64. The van der Waals surface area contributed by atoms with Gasteiger partial charge >= 0.3 is 0 Å². The number of carbonyl (C=O) groups excluding carboxylic acids is 1. The quantitative estimate of drug-likeness (QED) is 0.669. The van der Waals surface area contributed by atoms with Crippen LogP contribution in [0.25, 0.3) is 11.8 Å². The molecular formula is C24H24N4O2. The first kappa shape index (κ1) is 19.6. The van der Waals surface area contributed by atoms with Crippen molar-refractivity contribution >= 4 is 23.4 Å². The molecule has 0 atom stereocenters. The van der Waals surface area contributed by atoms with Gasteiger partial charge in [0.05, 0.1) is 28.2 Å². The van der Waals surface area contributed by atoms with Crippen molar-refractivity contribution in [1.82, 2.24) is 9.78 Å². The summed E-state index contributed by atoms with van der Waals surface area (Å²) in [6, 6.07) is 13.5. The molecule has 0 aliphatic carbocycles. The van der Waals surface area contributed by atoms with Gasteiger partial charge in [0.1, 0.15) is 0 Å². The molecule has 152 valence electrons. The van der Waals surface area contributed by atoms with Crippen molar-refractivity contribution in [2.45, 2.75) is 34.6 Å². The summed E-state index contributed by atoms with van der Waals surface area (Å²) in [6.45, 7) is 9.59. The first-order chi connectivity index (χ1) is 14.3. The SMILES string of the molecule is CC1=NN(c2ccc(C)cc2)C(=O)/C1=C\c1c(C)[nH]n(-c2ccc(C)cc2C)c1=O. The van der Waals surface area contributed by atoms with E-state index >= 15 is 0 Å². The average molecular weight is 400 g/mol. The number of carbonyl (C=O) groups is 1. The smallest absolute Gasteiger partial charge is 0.280 e. The average Bonchev–Trinajstić information content (AvgIpc) is 3.13. The van der Waals surface area contributed by atoms with Crippen LogP contribution in [0.3, 0.4) is 0 Å². The van der Waals surface area contributed by atoms with Gasteiger partial charge in [0, 0.05) is 5.69 Å². The Morgan fingerprint density at radius 2 is 1.57 bits per heavy atom. The van der Waals surface area contributed by atoms with E-state index < -0.39 is 0 Å². The zero-order valence-electron chi connectivity index (χ0n) is 17.8. The lowest BCUT2D eigenvalue weighted by atomic mass is 10.1. The fourth-order valence-electron chi connectivity index (χ4n) is 3.65. The molecule has 6 nitrogen and oxygen atoms in total. The Kier molecular flexibility index (Phi) is 4.78. The minimum atomic E-state index is -0.241. The maximum atomic E-state index is 13.1.